The van der Waals surface area contributed by atoms with Gasteiger partial charge < -0.3 is 9.47 Å². The minimum Gasteiger partial charge on any atom is -0.464 e. The molecule has 1 rings (SSSR count). The van der Waals surface area contributed by atoms with Gasteiger partial charge in [-0.05, 0) is 33.3 Å². The molecule has 0 bridgehead atoms. The van der Waals surface area contributed by atoms with E-state index in [2.05, 4.69) is 9.84 Å². The van der Waals surface area contributed by atoms with Gasteiger partial charge in [-0.25, -0.2) is 15.0 Å². The monoisotopic (exact) mass is 394 g/mol. The molecule has 0 unspecified atom stereocenters. The van der Waals surface area contributed by atoms with Crippen LogP contribution in [0.4, 0.5) is 4.79 Å². The lowest BCUT2D eigenvalue weighted by molar-refractivity contribution is -0.132. The molecule has 0 radical (unpaired) electrons. The number of hydrogen-bond donors (Lipinski definition) is 1. The maximum atomic E-state index is 12.5. The molecule has 0 fully saturated rings. The number of amides is 1. The molecule has 0 saturated carbocycles. The van der Waals surface area contributed by atoms with Gasteiger partial charge in [0.05, 0.1) is 17.0 Å². The Labute approximate surface area is 152 Å². The molecule has 1 amide bonds. The first-order chi connectivity index (χ1) is 11.0. The summed E-state index contributed by atoms with van der Waals surface area (Å²) in [5.41, 5.74) is 1.00. The summed E-state index contributed by atoms with van der Waals surface area (Å²) < 4.78 is 9.91. The summed E-state index contributed by atoms with van der Waals surface area (Å²) in [6, 6.07) is 0. The molecule has 1 aromatic heterocycles. The van der Waals surface area contributed by atoms with Gasteiger partial charge in [0.25, 0.3) is 0 Å². The van der Waals surface area contributed by atoms with E-state index in [1.54, 1.807) is 27.7 Å². The highest BCUT2D eigenvalue weighted by Crippen LogP contribution is 2.36. The van der Waals surface area contributed by atoms with Crippen LogP contribution in [0.2, 0.25) is 8.67 Å². The number of ketones is 1. The van der Waals surface area contributed by atoms with Gasteiger partial charge in [0.15, 0.2) is 0 Å². The van der Waals surface area contributed by atoms with Crippen LogP contribution in [0.1, 0.15) is 36.7 Å². The van der Waals surface area contributed by atoms with Crippen LogP contribution in [-0.2, 0) is 14.3 Å². The van der Waals surface area contributed by atoms with Gasteiger partial charge in [0.1, 0.15) is 9.94 Å². The van der Waals surface area contributed by atoms with Gasteiger partial charge >= 0.3 is 12.1 Å². The fourth-order valence-electron chi connectivity index (χ4n) is 1.52. The van der Waals surface area contributed by atoms with Gasteiger partial charge in [0.2, 0.25) is 11.5 Å². The van der Waals surface area contributed by atoms with Crippen molar-refractivity contribution in [2.24, 2.45) is 5.10 Å². The molecule has 0 spiro atoms. The molecule has 24 heavy (non-hydrogen) atoms. The lowest BCUT2D eigenvalue weighted by Crippen LogP contribution is -2.33. The maximum absolute atomic E-state index is 12.5. The van der Waals surface area contributed by atoms with Gasteiger partial charge in [0, 0.05) is 0 Å². The molecular formula is C14H16Cl2N2O5S. The Kier molecular flexibility index (Phi) is 6.76. The SMILES string of the molecule is COC(=O)/C(=N\NC(=O)OC(C)(C)C)C(=O)c1c(Cl)sc(Cl)c1C. The molecule has 7 nitrogen and oxygen atoms in total. The van der Waals surface area contributed by atoms with Crippen molar-refractivity contribution in [3.05, 3.63) is 19.8 Å². The summed E-state index contributed by atoms with van der Waals surface area (Å²) in [6.45, 7) is 6.53. The summed E-state index contributed by atoms with van der Waals surface area (Å²) in [5.74, 6) is -1.85. The Balaban J connectivity index is 3.14. The summed E-state index contributed by atoms with van der Waals surface area (Å²) in [4.78, 5) is 36.0. The van der Waals surface area contributed by atoms with E-state index < -0.39 is 29.2 Å². The molecule has 0 aliphatic carbocycles. The van der Waals surface area contributed by atoms with Crippen molar-refractivity contribution in [3.8, 4) is 0 Å². The van der Waals surface area contributed by atoms with Crippen molar-refractivity contribution in [1.82, 2.24) is 5.43 Å². The van der Waals surface area contributed by atoms with Gasteiger partial charge in [-0.2, -0.15) is 5.10 Å². The van der Waals surface area contributed by atoms with Crippen LogP contribution in [0.15, 0.2) is 5.10 Å². The van der Waals surface area contributed by atoms with Crippen molar-refractivity contribution >= 4 is 58.1 Å². The Hall–Kier alpha value is -1.64. The number of nitrogens with zero attached hydrogens (tertiary/aromatic N) is 1. The standard InChI is InChI=1S/C14H16Cl2N2O5S/c1-6-7(11(16)24-10(6)15)9(19)8(12(20)22-5)17-18-13(21)23-14(2,3)4/h1-5H3,(H,18,21)/b17-8-. The zero-order chi connectivity index (χ0) is 18.7. The first-order valence-corrected chi connectivity index (χ1v) is 8.19. The van der Waals surface area contributed by atoms with E-state index in [0.29, 0.717) is 9.90 Å². The van der Waals surface area contributed by atoms with Crippen LogP contribution in [0.3, 0.4) is 0 Å². The van der Waals surface area contributed by atoms with E-state index in [0.717, 1.165) is 18.4 Å². The summed E-state index contributed by atoms with van der Waals surface area (Å²) in [6.07, 6.45) is -0.928. The van der Waals surface area contributed by atoms with Gasteiger partial charge in [-0.1, -0.05) is 23.2 Å². The molecule has 1 aromatic rings. The van der Waals surface area contributed by atoms with E-state index in [1.165, 1.54) is 0 Å². The normalized spacial score (nSPS) is 11.9. The topological polar surface area (TPSA) is 94.1 Å². The van der Waals surface area contributed by atoms with E-state index >= 15 is 0 Å². The first kappa shape index (κ1) is 20.4. The van der Waals surface area contributed by atoms with Gasteiger partial charge in [-0.3, -0.25) is 4.79 Å². The fourth-order valence-corrected chi connectivity index (χ4v) is 3.18. The second kappa shape index (κ2) is 7.96. The summed E-state index contributed by atoms with van der Waals surface area (Å²) in [7, 11) is 1.08. The van der Waals surface area contributed by atoms with Crippen molar-refractivity contribution < 1.29 is 23.9 Å². The van der Waals surface area contributed by atoms with Crippen molar-refractivity contribution in [1.29, 1.82) is 0 Å². The number of methoxy groups -OCH3 is 1. The van der Waals surface area contributed by atoms with Crippen molar-refractivity contribution in [2.45, 2.75) is 33.3 Å². The number of carbonyl (C=O) groups excluding carboxylic acids is 3. The highest BCUT2D eigenvalue weighted by molar-refractivity contribution is 7.20. The highest BCUT2D eigenvalue weighted by Gasteiger charge is 2.29. The lowest BCUT2D eigenvalue weighted by Gasteiger charge is -2.18. The predicted molar refractivity (Wildman–Crippen MR) is 92.2 cm³/mol. The zero-order valence-electron chi connectivity index (χ0n) is 13.7. The molecule has 0 aliphatic rings. The molecule has 10 heteroatoms. The number of Topliss-reactive ketones (excluding diaryl/α,β-unsaturated/α-hetero) is 1. The quantitative estimate of drug-likeness (QED) is 0.276. The minimum absolute atomic E-state index is 0.0294. The number of carbonyl (C=O) groups is 3. The second-order valence-corrected chi connectivity index (χ2v) is 7.77. The molecule has 1 N–H and O–H groups in total. The number of ether oxygens (including phenoxy) is 2. The number of hydrogen-bond acceptors (Lipinski definition) is 7. The summed E-state index contributed by atoms with van der Waals surface area (Å²) in [5, 5.41) is 3.52. The fraction of sp³-hybridized carbons (Fsp3) is 0.429. The largest absolute Gasteiger partial charge is 0.464 e. The number of halogens is 2. The zero-order valence-corrected chi connectivity index (χ0v) is 16.0. The van der Waals surface area contributed by atoms with Crippen LogP contribution in [0, 0.1) is 6.92 Å². The molecule has 0 atom stereocenters. The van der Waals surface area contributed by atoms with Gasteiger partial charge in [-0.15, -0.1) is 11.3 Å². The third-order valence-electron chi connectivity index (χ3n) is 2.52. The van der Waals surface area contributed by atoms with Crippen molar-refractivity contribution in [3.63, 3.8) is 0 Å². The molecule has 0 aromatic carbocycles. The van der Waals surface area contributed by atoms with E-state index in [-0.39, 0.29) is 9.90 Å². The van der Waals surface area contributed by atoms with E-state index in [1.807, 2.05) is 5.43 Å². The number of esters is 1. The number of hydrazone groups is 1. The van der Waals surface area contributed by atoms with Crippen molar-refractivity contribution in [2.75, 3.05) is 7.11 Å². The van der Waals surface area contributed by atoms with Crippen LogP contribution in [0.25, 0.3) is 0 Å². The maximum Gasteiger partial charge on any atom is 0.428 e. The lowest BCUT2D eigenvalue weighted by atomic mass is 10.1. The third-order valence-corrected chi connectivity index (χ3v) is 4.33. The average Bonchev–Trinajstić information content (AvgIpc) is 2.69. The third kappa shape index (κ3) is 5.19. The Morgan fingerprint density at radius 3 is 2.17 bits per heavy atom. The highest BCUT2D eigenvalue weighted by atomic mass is 35.5. The van der Waals surface area contributed by atoms with Crippen LogP contribution < -0.4 is 5.43 Å². The number of rotatable bonds is 4. The molecule has 132 valence electrons. The number of thiophene rings is 1. The van der Waals surface area contributed by atoms with Crippen LogP contribution >= 0.6 is 34.5 Å². The molecule has 0 aliphatic heterocycles. The molecule has 1 heterocycles. The first-order valence-electron chi connectivity index (χ1n) is 6.62. The summed E-state index contributed by atoms with van der Waals surface area (Å²) >= 11 is 12.9. The number of nitrogens with one attached hydrogen (secondary N) is 1. The molecule has 0 saturated heterocycles. The predicted octanol–water partition coefficient (Wildman–Crippen LogP) is 3.60. The van der Waals surface area contributed by atoms with Crippen LogP contribution in [0.5, 0.6) is 0 Å². The minimum atomic E-state index is -1.03. The Morgan fingerprint density at radius 2 is 1.75 bits per heavy atom. The average molecular weight is 395 g/mol. The van der Waals surface area contributed by atoms with E-state index in [9.17, 15) is 14.4 Å². The Bertz CT molecular complexity index is 707. The smallest absolute Gasteiger partial charge is 0.428 e. The molecular weight excluding hydrogens is 379 g/mol. The van der Waals surface area contributed by atoms with Crippen LogP contribution in [-0.4, -0.2) is 36.3 Å². The second-order valence-electron chi connectivity index (χ2n) is 5.54. The Morgan fingerprint density at radius 1 is 1.17 bits per heavy atom. The van der Waals surface area contributed by atoms with E-state index in [4.69, 9.17) is 27.9 Å².